The van der Waals surface area contributed by atoms with Gasteiger partial charge in [0.25, 0.3) is 0 Å². The average Bonchev–Trinajstić information content (AvgIpc) is 2.33. The van der Waals surface area contributed by atoms with E-state index in [9.17, 15) is 19.5 Å². The molecule has 0 aliphatic rings. The van der Waals surface area contributed by atoms with Gasteiger partial charge < -0.3 is 28.7 Å². The van der Waals surface area contributed by atoms with Crippen LogP contribution in [0.25, 0.3) is 0 Å². The van der Waals surface area contributed by atoms with Gasteiger partial charge in [-0.1, -0.05) is 0 Å². The van der Waals surface area contributed by atoms with E-state index in [-0.39, 0.29) is 13.2 Å². The molecule has 1 atom stereocenters. The Kier molecular flexibility index (Phi) is 8.49. The minimum atomic E-state index is -2.44. The van der Waals surface area contributed by atoms with Gasteiger partial charge in [-0.05, 0) is 0 Å². The number of hydrogen-bond acceptors (Lipinski definition) is 6. The van der Waals surface area contributed by atoms with Crippen molar-refractivity contribution in [2.45, 2.75) is 18.4 Å². The number of aliphatic hydroxyl groups is 1. The molecule has 0 bridgehead atoms. The number of carboxylic acids is 1. The van der Waals surface area contributed by atoms with Crippen molar-refractivity contribution < 1.29 is 43.0 Å². The summed E-state index contributed by atoms with van der Waals surface area (Å²) >= 11 is 0. The van der Waals surface area contributed by atoms with E-state index in [2.05, 4.69) is 0 Å². The Bertz CT molecular complexity index is 480. The molecule has 0 saturated heterocycles. The molecular formula is C16H32N2O7+2. The van der Waals surface area contributed by atoms with Gasteiger partial charge in [0.15, 0.2) is 5.60 Å². The van der Waals surface area contributed by atoms with Crippen LogP contribution in [0.1, 0.15) is 12.8 Å². The SMILES string of the molecule is C[N+](C)(C)CCOC(=O)CC(O)(CC(=O)O)C(=O)OCC[N+](C)(C)C. The zero-order chi connectivity index (χ0) is 19.9. The summed E-state index contributed by atoms with van der Waals surface area (Å²) in [5.41, 5.74) is -2.44. The van der Waals surface area contributed by atoms with E-state index in [0.717, 1.165) is 0 Å². The van der Waals surface area contributed by atoms with Gasteiger partial charge in [-0.15, -0.1) is 0 Å². The number of carboxylic acid groups (broad SMARTS) is 1. The zero-order valence-electron chi connectivity index (χ0n) is 16.1. The van der Waals surface area contributed by atoms with Gasteiger partial charge in [0, 0.05) is 0 Å². The van der Waals surface area contributed by atoms with Gasteiger partial charge in [-0.3, -0.25) is 9.59 Å². The first kappa shape index (κ1) is 23.3. The number of carbonyl (C=O) groups excluding carboxylic acids is 2. The third-order valence-corrected chi connectivity index (χ3v) is 3.28. The standard InChI is InChI=1S/C16H31N2O7/c1-17(2,3)7-9-24-14(21)12-16(23,11-13(19)20)15(22)25-10-8-18(4,5)6/h23H,7-12H2,1-6H3/q+1/p+1. The van der Waals surface area contributed by atoms with Crippen molar-refractivity contribution in [2.75, 3.05) is 68.6 Å². The van der Waals surface area contributed by atoms with Crippen LogP contribution in [0.15, 0.2) is 0 Å². The van der Waals surface area contributed by atoms with Crippen LogP contribution < -0.4 is 0 Å². The molecule has 0 aromatic heterocycles. The monoisotopic (exact) mass is 364 g/mol. The molecule has 0 aromatic carbocycles. The first-order valence-corrected chi connectivity index (χ1v) is 8.03. The number of aliphatic carboxylic acids is 1. The molecule has 0 rings (SSSR count). The second kappa shape index (κ2) is 9.12. The fraction of sp³-hybridized carbons (Fsp3) is 0.812. The number of nitrogens with zero attached hydrogens (tertiary/aromatic N) is 2. The molecule has 25 heavy (non-hydrogen) atoms. The van der Waals surface area contributed by atoms with Crippen molar-refractivity contribution in [3.8, 4) is 0 Å². The molecule has 9 heteroatoms. The molecule has 0 radical (unpaired) electrons. The number of carbonyl (C=O) groups is 3. The van der Waals surface area contributed by atoms with Crippen LogP contribution >= 0.6 is 0 Å². The highest BCUT2D eigenvalue weighted by molar-refractivity contribution is 5.89. The largest absolute Gasteiger partial charge is 0.481 e. The smallest absolute Gasteiger partial charge is 0.339 e. The van der Waals surface area contributed by atoms with E-state index in [4.69, 9.17) is 14.6 Å². The second-order valence-corrected chi connectivity index (χ2v) is 8.16. The first-order chi connectivity index (χ1) is 11.1. The van der Waals surface area contributed by atoms with Gasteiger partial charge in [0.1, 0.15) is 26.3 Å². The maximum Gasteiger partial charge on any atom is 0.339 e. The number of hydrogen-bond donors (Lipinski definition) is 2. The van der Waals surface area contributed by atoms with Crippen molar-refractivity contribution in [3.05, 3.63) is 0 Å². The summed E-state index contributed by atoms with van der Waals surface area (Å²) in [6.07, 6.45) is -1.69. The molecule has 1 unspecified atom stereocenters. The number of rotatable bonds is 11. The lowest BCUT2D eigenvalue weighted by molar-refractivity contribution is -0.870. The minimum absolute atomic E-state index is 0.000808. The molecule has 0 heterocycles. The molecule has 0 amide bonds. The Balaban J connectivity index is 4.75. The topological polar surface area (TPSA) is 110 Å². The quantitative estimate of drug-likeness (QED) is 0.360. The Labute approximate surface area is 148 Å². The van der Waals surface area contributed by atoms with Crippen molar-refractivity contribution in [1.29, 1.82) is 0 Å². The number of esters is 2. The van der Waals surface area contributed by atoms with Crippen molar-refractivity contribution in [1.82, 2.24) is 0 Å². The summed E-state index contributed by atoms with van der Waals surface area (Å²) in [6, 6.07) is 0. The fourth-order valence-electron chi connectivity index (χ4n) is 1.73. The van der Waals surface area contributed by atoms with Gasteiger partial charge in [-0.2, -0.15) is 0 Å². The van der Waals surface area contributed by atoms with E-state index >= 15 is 0 Å². The van der Waals surface area contributed by atoms with E-state index in [0.29, 0.717) is 22.1 Å². The highest BCUT2D eigenvalue weighted by Crippen LogP contribution is 2.19. The van der Waals surface area contributed by atoms with Gasteiger partial charge in [0.05, 0.1) is 55.1 Å². The van der Waals surface area contributed by atoms with Crippen LogP contribution in [0.2, 0.25) is 0 Å². The lowest BCUT2D eigenvalue weighted by Gasteiger charge is -2.27. The van der Waals surface area contributed by atoms with Crippen LogP contribution in [0.4, 0.5) is 0 Å². The summed E-state index contributed by atoms with van der Waals surface area (Å²) in [4.78, 5) is 34.9. The molecule has 0 spiro atoms. The third kappa shape index (κ3) is 11.5. The average molecular weight is 364 g/mol. The van der Waals surface area contributed by atoms with Crippen LogP contribution in [0, 0.1) is 0 Å². The molecular weight excluding hydrogens is 332 g/mol. The Hall–Kier alpha value is -1.71. The third-order valence-electron chi connectivity index (χ3n) is 3.28. The van der Waals surface area contributed by atoms with Crippen LogP contribution in [-0.4, -0.2) is 111 Å². The summed E-state index contributed by atoms with van der Waals surface area (Å²) in [5.74, 6) is -3.39. The summed E-state index contributed by atoms with van der Waals surface area (Å²) in [5, 5.41) is 19.3. The summed E-state index contributed by atoms with van der Waals surface area (Å²) < 4.78 is 11.0. The highest BCUT2D eigenvalue weighted by atomic mass is 16.6. The molecule has 0 fully saturated rings. The normalized spacial score (nSPS) is 14.5. The number of quaternary nitrogens is 2. The van der Waals surface area contributed by atoms with Gasteiger partial charge in [0.2, 0.25) is 0 Å². The van der Waals surface area contributed by atoms with Crippen LogP contribution in [-0.2, 0) is 23.9 Å². The predicted molar refractivity (Wildman–Crippen MR) is 89.5 cm³/mol. The number of likely N-dealkylation sites (N-methyl/N-ethyl adjacent to an activating group) is 2. The van der Waals surface area contributed by atoms with Crippen LogP contribution in [0.5, 0.6) is 0 Å². The molecule has 9 nitrogen and oxygen atoms in total. The molecule has 2 N–H and O–H groups in total. The maximum absolute atomic E-state index is 12.1. The molecule has 146 valence electrons. The van der Waals surface area contributed by atoms with Crippen LogP contribution in [0.3, 0.4) is 0 Å². The molecule has 0 aliphatic heterocycles. The molecule has 0 aliphatic carbocycles. The van der Waals surface area contributed by atoms with Gasteiger partial charge >= 0.3 is 17.9 Å². The van der Waals surface area contributed by atoms with E-state index in [1.807, 2.05) is 42.3 Å². The lowest BCUT2D eigenvalue weighted by atomic mass is 9.96. The Morgan fingerprint density at radius 3 is 1.68 bits per heavy atom. The fourth-order valence-corrected chi connectivity index (χ4v) is 1.73. The summed E-state index contributed by atoms with van der Waals surface area (Å²) in [7, 11) is 11.4. The first-order valence-electron chi connectivity index (χ1n) is 8.03. The van der Waals surface area contributed by atoms with E-state index in [1.54, 1.807) is 0 Å². The predicted octanol–water partition coefficient (Wildman–Crippen LogP) is -0.919. The molecule has 0 saturated carbocycles. The highest BCUT2D eigenvalue weighted by Gasteiger charge is 2.43. The second-order valence-electron chi connectivity index (χ2n) is 8.16. The van der Waals surface area contributed by atoms with Crippen molar-refractivity contribution in [3.63, 3.8) is 0 Å². The van der Waals surface area contributed by atoms with Crippen molar-refractivity contribution >= 4 is 17.9 Å². The van der Waals surface area contributed by atoms with Crippen molar-refractivity contribution in [2.24, 2.45) is 0 Å². The summed E-state index contributed by atoms with van der Waals surface area (Å²) in [6.45, 7) is 1.11. The zero-order valence-corrected chi connectivity index (χ0v) is 16.1. The van der Waals surface area contributed by atoms with E-state index in [1.165, 1.54) is 0 Å². The minimum Gasteiger partial charge on any atom is -0.481 e. The number of ether oxygens (including phenoxy) is 2. The molecule has 0 aromatic rings. The maximum atomic E-state index is 12.1. The Morgan fingerprint density at radius 1 is 0.840 bits per heavy atom. The Morgan fingerprint density at radius 2 is 1.28 bits per heavy atom. The van der Waals surface area contributed by atoms with E-state index < -0.39 is 36.4 Å². The van der Waals surface area contributed by atoms with Gasteiger partial charge in [-0.25, -0.2) is 4.79 Å². The lowest BCUT2D eigenvalue weighted by Crippen LogP contribution is -2.46.